The highest BCUT2D eigenvalue weighted by molar-refractivity contribution is 9.11. The molecule has 0 aliphatic heterocycles. The highest BCUT2D eigenvalue weighted by Gasteiger charge is 2.14. The van der Waals surface area contributed by atoms with Crippen LogP contribution in [0.1, 0.15) is 5.56 Å². The monoisotopic (exact) mass is 344 g/mol. The fourth-order valence-corrected chi connectivity index (χ4v) is 2.98. The molecule has 0 atom stereocenters. The van der Waals surface area contributed by atoms with Gasteiger partial charge in [-0.05, 0) is 44.5 Å². The zero-order valence-electron chi connectivity index (χ0n) is 9.00. The van der Waals surface area contributed by atoms with Crippen LogP contribution in [0.3, 0.4) is 0 Å². The number of aromatic nitrogens is 4. The van der Waals surface area contributed by atoms with Crippen LogP contribution in [0.25, 0.3) is 11.2 Å². The Morgan fingerprint density at radius 1 is 1.50 bits per heavy atom. The molecule has 3 N–H and O–H groups in total. The molecule has 3 rings (SSSR count). The molecule has 3 heterocycles. The van der Waals surface area contributed by atoms with Crippen LogP contribution in [-0.4, -0.2) is 15.0 Å². The highest BCUT2D eigenvalue weighted by atomic mass is 79.9. The Labute approximate surface area is 120 Å². The lowest BCUT2D eigenvalue weighted by Crippen LogP contribution is -2.04. The molecule has 0 aromatic carbocycles. The van der Waals surface area contributed by atoms with Gasteiger partial charge in [0, 0.05) is 6.54 Å². The van der Waals surface area contributed by atoms with Gasteiger partial charge in [0.25, 0.3) is 0 Å². The largest absolute Gasteiger partial charge is 0.363 e. The zero-order valence-corrected chi connectivity index (χ0v) is 12.2. The van der Waals surface area contributed by atoms with Crippen molar-refractivity contribution in [3.05, 3.63) is 32.4 Å². The molecule has 8 heteroatoms. The molecule has 5 nitrogen and oxygen atoms in total. The van der Waals surface area contributed by atoms with E-state index in [0.717, 1.165) is 9.30 Å². The maximum absolute atomic E-state index is 5.87. The van der Waals surface area contributed by atoms with E-state index >= 15 is 0 Å². The van der Waals surface area contributed by atoms with Crippen molar-refractivity contribution in [3.8, 4) is 0 Å². The normalized spacial score (nSPS) is 11.0. The Balaban J connectivity index is 1.87. The number of H-pyrrole nitrogens is 2. The third-order valence-corrected chi connectivity index (χ3v) is 4.11. The van der Waals surface area contributed by atoms with Crippen molar-refractivity contribution in [3.63, 3.8) is 0 Å². The summed E-state index contributed by atoms with van der Waals surface area (Å²) in [5, 5.41) is 5.54. The van der Waals surface area contributed by atoms with E-state index in [1.54, 1.807) is 17.7 Å². The van der Waals surface area contributed by atoms with Gasteiger partial charge in [-0.25, -0.2) is 4.98 Å². The van der Waals surface area contributed by atoms with Gasteiger partial charge in [0.15, 0.2) is 12.1 Å². The molecule has 0 spiro atoms. The number of hydrogen-bond acceptors (Lipinski definition) is 4. The van der Waals surface area contributed by atoms with E-state index in [9.17, 15) is 0 Å². The molecule has 18 heavy (non-hydrogen) atoms. The summed E-state index contributed by atoms with van der Waals surface area (Å²) in [6.07, 6.45) is 1.70. The molecule has 3 aromatic heterocycles. The molecule has 0 aliphatic rings. The van der Waals surface area contributed by atoms with Gasteiger partial charge in [0.1, 0.15) is 0 Å². The summed E-state index contributed by atoms with van der Waals surface area (Å²) in [5.41, 5.74) is 2.68. The minimum atomic E-state index is 0.215. The van der Waals surface area contributed by atoms with Gasteiger partial charge < -0.3 is 5.32 Å². The predicted molar refractivity (Wildman–Crippen MR) is 74.8 cm³/mol. The van der Waals surface area contributed by atoms with Gasteiger partial charge in [-0.2, -0.15) is 4.98 Å². The fraction of sp³-hybridized carbons (Fsp3) is 0.100. The number of nitrogens with one attached hydrogen (secondary N) is 3. The summed E-state index contributed by atoms with van der Waals surface area (Å²) in [7, 11) is 0. The van der Waals surface area contributed by atoms with Crippen LogP contribution in [0.15, 0.2) is 21.6 Å². The topological polar surface area (TPSA) is 67.7 Å². The molecule has 0 unspecified atom stereocenters. The molecule has 0 fully saturated rings. The van der Waals surface area contributed by atoms with E-state index in [0.29, 0.717) is 18.0 Å². The van der Waals surface area contributed by atoms with Crippen LogP contribution in [0.4, 0.5) is 5.82 Å². The fourth-order valence-electron chi connectivity index (χ4n) is 1.60. The van der Waals surface area contributed by atoms with E-state index in [1.165, 1.54) is 5.56 Å². The Kier molecular flexibility index (Phi) is 3.19. The molecular formula is C10H8BrClN5S+. The molecule has 0 saturated heterocycles. The van der Waals surface area contributed by atoms with Crippen LogP contribution < -0.4 is 10.3 Å². The van der Waals surface area contributed by atoms with Crippen LogP contribution >= 0.6 is 38.9 Å². The van der Waals surface area contributed by atoms with Crippen LogP contribution in [-0.2, 0) is 6.54 Å². The molecular weight excluding hydrogens is 338 g/mol. The maximum atomic E-state index is 5.87. The second kappa shape index (κ2) is 4.83. The minimum Gasteiger partial charge on any atom is -0.363 e. The molecule has 0 radical (unpaired) electrons. The van der Waals surface area contributed by atoms with Crippen molar-refractivity contribution < 1.29 is 4.98 Å². The first-order valence-electron chi connectivity index (χ1n) is 5.11. The lowest BCUT2D eigenvalue weighted by molar-refractivity contribution is -0.347. The van der Waals surface area contributed by atoms with Gasteiger partial charge in [0.05, 0.1) is 3.79 Å². The van der Waals surface area contributed by atoms with E-state index in [2.05, 4.69) is 52.6 Å². The van der Waals surface area contributed by atoms with Gasteiger partial charge in [-0.15, -0.1) is 11.3 Å². The molecule has 0 saturated carbocycles. The smallest absolute Gasteiger partial charge is 0.306 e. The average molecular weight is 346 g/mol. The van der Waals surface area contributed by atoms with Gasteiger partial charge in [-0.1, -0.05) is 4.98 Å². The number of halogens is 2. The van der Waals surface area contributed by atoms with Gasteiger partial charge in [0.2, 0.25) is 5.52 Å². The van der Waals surface area contributed by atoms with Crippen LogP contribution in [0, 0.1) is 0 Å². The number of aromatic amines is 2. The number of hydrogen-bond donors (Lipinski definition) is 2. The quantitative estimate of drug-likeness (QED) is 0.717. The van der Waals surface area contributed by atoms with Crippen molar-refractivity contribution in [2.24, 2.45) is 0 Å². The first kappa shape index (κ1) is 11.9. The van der Waals surface area contributed by atoms with Crippen molar-refractivity contribution >= 4 is 55.8 Å². The second-order valence-corrected chi connectivity index (χ2v) is 6.24. The van der Waals surface area contributed by atoms with Crippen LogP contribution in [0.5, 0.6) is 0 Å². The Hall–Kier alpha value is -1.18. The summed E-state index contributed by atoms with van der Waals surface area (Å²) >= 11 is 11.0. The summed E-state index contributed by atoms with van der Waals surface area (Å²) in [4.78, 5) is 14.3. The maximum Gasteiger partial charge on any atom is 0.306 e. The average Bonchev–Trinajstić information content (AvgIpc) is 2.94. The Morgan fingerprint density at radius 2 is 2.39 bits per heavy atom. The molecule has 3 aromatic rings. The number of anilines is 1. The van der Waals surface area contributed by atoms with Crippen molar-refractivity contribution in [2.45, 2.75) is 6.54 Å². The lowest BCUT2D eigenvalue weighted by atomic mass is 10.3. The van der Waals surface area contributed by atoms with Gasteiger partial charge >= 0.3 is 10.9 Å². The van der Waals surface area contributed by atoms with E-state index in [1.807, 2.05) is 0 Å². The zero-order chi connectivity index (χ0) is 12.5. The first-order chi connectivity index (χ1) is 8.72. The van der Waals surface area contributed by atoms with Crippen molar-refractivity contribution in [1.82, 2.24) is 15.0 Å². The first-order valence-corrected chi connectivity index (χ1v) is 7.16. The number of imidazole rings is 1. The standard InChI is InChI=1S/C10H7BrClN5S/c11-6-1-5(3-18-6)2-13-8-7-9(15-4-14-7)17-10(12)16-8/h1,3-4H,2H2,(H2,13,14,15,16,17)/p+1. The second-order valence-electron chi connectivity index (χ2n) is 3.61. The van der Waals surface area contributed by atoms with E-state index < -0.39 is 0 Å². The third kappa shape index (κ3) is 2.33. The van der Waals surface area contributed by atoms with Crippen LogP contribution in [0.2, 0.25) is 5.28 Å². The number of nitrogens with zero attached hydrogens (tertiary/aromatic N) is 2. The minimum absolute atomic E-state index is 0.215. The number of thiophene rings is 1. The van der Waals surface area contributed by atoms with Crippen molar-refractivity contribution in [1.29, 1.82) is 0 Å². The molecule has 0 amide bonds. The Morgan fingerprint density at radius 3 is 3.17 bits per heavy atom. The Bertz CT molecular complexity index is 694. The summed E-state index contributed by atoms with van der Waals surface area (Å²) < 4.78 is 1.11. The molecule has 0 aliphatic carbocycles. The summed E-state index contributed by atoms with van der Waals surface area (Å²) in [6, 6.07) is 2.07. The summed E-state index contributed by atoms with van der Waals surface area (Å²) in [6.45, 7) is 0.684. The SMILES string of the molecule is Clc1nc(NCc2csc(Br)c2)c2[nH]c[nH+]c2n1. The third-order valence-electron chi connectivity index (χ3n) is 2.39. The molecule has 92 valence electrons. The number of fused-ring (bicyclic) bond motifs is 1. The highest BCUT2D eigenvalue weighted by Crippen LogP contribution is 2.22. The van der Waals surface area contributed by atoms with Crippen molar-refractivity contribution in [2.75, 3.05) is 5.32 Å². The number of rotatable bonds is 3. The van der Waals surface area contributed by atoms with Gasteiger partial charge in [-0.3, -0.25) is 4.98 Å². The summed E-state index contributed by atoms with van der Waals surface area (Å²) in [5.74, 6) is 0.688. The van der Waals surface area contributed by atoms with E-state index in [-0.39, 0.29) is 5.28 Å². The lowest BCUT2D eigenvalue weighted by Gasteiger charge is -2.02. The molecule has 0 bridgehead atoms. The predicted octanol–water partition coefficient (Wildman–Crippen LogP) is 2.86. The van der Waals surface area contributed by atoms with E-state index in [4.69, 9.17) is 11.6 Å².